The van der Waals surface area contributed by atoms with Crippen molar-refractivity contribution < 1.29 is 9.59 Å². The van der Waals surface area contributed by atoms with Gasteiger partial charge in [-0.2, -0.15) is 10.1 Å². The molecule has 0 radical (unpaired) electrons. The predicted octanol–water partition coefficient (Wildman–Crippen LogP) is 2.42. The van der Waals surface area contributed by atoms with Crippen molar-refractivity contribution in [3.8, 4) is 0 Å². The summed E-state index contributed by atoms with van der Waals surface area (Å²) in [6.07, 6.45) is -0.0789. The van der Waals surface area contributed by atoms with E-state index >= 15 is 0 Å². The minimum atomic E-state index is -0.728. The van der Waals surface area contributed by atoms with Crippen molar-refractivity contribution in [1.29, 1.82) is 0 Å². The van der Waals surface area contributed by atoms with Gasteiger partial charge in [0.1, 0.15) is 11.9 Å². The number of carbonyl (C=O) groups is 2. The average molecular weight is 340 g/mol. The number of carbonyl (C=O) groups excluding carboxylic acids is 2. The number of hydrogen-bond donors (Lipinski definition) is 2. The van der Waals surface area contributed by atoms with E-state index in [-0.39, 0.29) is 18.2 Å². The van der Waals surface area contributed by atoms with E-state index in [1.807, 2.05) is 0 Å². The van der Waals surface area contributed by atoms with Gasteiger partial charge in [-0.25, -0.2) is 4.68 Å². The third-order valence-electron chi connectivity index (χ3n) is 3.15. The number of halogens is 2. The zero-order valence-corrected chi connectivity index (χ0v) is 12.9. The molecule has 22 heavy (non-hydrogen) atoms. The zero-order chi connectivity index (χ0) is 15.9. The zero-order valence-electron chi connectivity index (χ0n) is 11.4. The Morgan fingerprint density at radius 1 is 1.45 bits per heavy atom. The second-order valence-corrected chi connectivity index (χ2v) is 5.65. The van der Waals surface area contributed by atoms with Crippen molar-refractivity contribution in [3.63, 3.8) is 0 Å². The standard InChI is InChI=1S/C13H11Cl2N5O2/c1-6-16-13-18-12(22)10(20(13)19-6)5-11(21)17-9-4-7(14)2-3-8(9)15/h2-4,10H,5H2,1H3,(H,17,21)(H,16,18,19,22). The number of aryl methyl sites for hydroxylation is 1. The fourth-order valence-corrected chi connectivity index (χ4v) is 2.52. The maximum Gasteiger partial charge on any atom is 0.252 e. The molecule has 1 unspecified atom stereocenters. The Balaban J connectivity index is 1.74. The second-order valence-electron chi connectivity index (χ2n) is 4.81. The molecule has 0 aliphatic carbocycles. The van der Waals surface area contributed by atoms with Crippen molar-refractivity contribution >= 4 is 46.7 Å². The highest BCUT2D eigenvalue weighted by molar-refractivity contribution is 6.35. The minimum Gasteiger partial charge on any atom is -0.325 e. The Morgan fingerprint density at radius 3 is 3.00 bits per heavy atom. The largest absolute Gasteiger partial charge is 0.325 e. The Labute approximate surface area is 135 Å². The van der Waals surface area contributed by atoms with Crippen LogP contribution in [0.4, 0.5) is 11.6 Å². The molecule has 1 aromatic heterocycles. The van der Waals surface area contributed by atoms with Gasteiger partial charge >= 0.3 is 0 Å². The monoisotopic (exact) mass is 339 g/mol. The lowest BCUT2D eigenvalue weighted by molar-refractivity contribution is -0.123. The molecule has 0 bridgehead atoms. The van der Waals surface area contributed by atoms with Gasteiger partial charge in [0, 0.05) is 5.02 Å². The van der Waals surface area contributed by atoms with Gasteiger partial charge in [-0.3, -0.25) is 14.9 Å². The summed E-state index contributed by atoms with van der Waals surface area (Å²) in [5.41, 5.74) is 0.396. The van der Waals surface area contributed by atoms with Gasteiger partial charge in [0.05, 0.1) is 17.1 Å². The molecule has 9 heteroatoms. The van der Waals surface area contributed by atoms with E-state index < -0.39 is 6.04 Å². The Kier molecular flexibility index (Phi) is 3.76. The van der Waals surface area contributed by atoms with Gasteiger partial charge < -0.3 is 5.32 Å². The van der Waals surface area contributed by atoms with Gasteiger partial charge in [0.2, 0.25) is 11.9 Å². The molecule has 114 valence electrons. The number of rotatable bonds is 3. The van der Waals surface area contributed by atoms with Gasteiger partial charge in [0.15, 0.2) is 0 Å². The van der Waals surface area contributed by atoms with Crippen molar-refractivity contribution in [2.24, 2.45) is 0 Å². The first-order valence-electron chi connectivity index (χ1n) is 6.43. The maximum absolute atomic E-state index is 12.1. The Bertz CT molecular complexity index is 774. The summed E-state index contributed by atoms with van der Waals surface area (Å²) in [5, 5.41) is 10.1. The number of amides is 2. The van der Waals surface area contributed by atoms with Crippen LogP contribution < -0.4 is 10.6 Å². The fourth-order valence-electron chi connectivity index (χ4n) is 2.19. The first-order valence-corrected chi connectivity index (χ1v) is 7.18. The molecule has 2 heterocycles. The van der Waals surface area contributed by atoms with Crippen LogP contribution in [0.2, 0.25) is 10.0 Å². The molecule has 1 aliphatic heterocycles. The minimum absolute atomic E-state index is 0.0789. The Hall–Kier alpha value is -2.12. The quantitative estimate of drug-likeness (QED) is 0.898. The number of nitrogens with one attached hydrogen (secondary N) is 2. The van der Waals surface area contributed by atoms with Crippen LogP contribution in [0.15, 0.2) is 18.2 Å². The van der Waals surface area contributed by atoms with Crippen LogP contribution in [-0.4, -0.2) is 26.6 Å². The third-order valence-corrected chi connectivity index (χ3v) is 3.72. The van der Waals surface area contributed by atoms with Crippen LogP contribution in [-0.2, 0) is 9.59 Å². The first-order chi connectivity index (χ1) is 10.4. The highest BCUT2D eigenvalue weighted by atomic mass is 35.5. The van der Waals surface area contributed by atoms with Crippen LogP contribution in [0.5, 0.6) is 0 Å². The summed E-state index contributed by atoms with van der Waals surface area (Å²) >= 11 is 11.9. The van der Waals surface area contributed by atoms with Crippen LogP contribution in [0, 0.1) is 6.92 Å². The lowest BCUT2D eigenvalue weighted by Crippen LogP contribution is -2.24. The summed E-state index contributed by atoms with van der Waals surface area (Å²) in [7, 11) is 0. The normalized spacial score (nSPS) is 16.3. The highest BCUT2D eigenvalue weighted by Gasteiger charge is 2.34. The molecule has 2 N–H and O–H groups in total. The maximum atomic E-state index is 12.1. The number of aromatic nitrogens is 3. The lowest BCUT2D eigenvalue weighted by Gasteiger charge is -2.11. The number of anilines is 2. The smallest absolute Gasteiger partial charge is 0.252 e. The van der Waals surface area contributed by atoms with Gasteiger partial charge in [-0.1, -0.05) is 23.2 Å². The van der Waals surface area contributed by atoms with Crippen molar-refractivity contribution in [2.75, 3.05) is 10.6 Å². The topological polar surface area (TPSA) is 88.9 Å². The molecular formula is C13H11Cl2N5O2. The number of benzene rings is 1. The van der Waals surface area contributed by atoms with Crippen molar-refractivity contribution in [1.82, 2.24) is 14.8 Å². The molecule has 2 aromatic rings. The van der Waals surface area contributed by atoms with Gasteiger partial charge in [0.25, 0.3) is 5.91 Å². The summed E-state index contributed by atoms with van der Waals surface area (Å²) in [6.45, 7) is 1.71. The molecule has 0 fully saturated rings. The molecule has 1 aromatic carbocycles. The van der Waals surface area contributed by atoms with E-state index in [2.05, 4.69) is 20.7 Å². The second kappa shape index (κ2) is 5.58. The third kappa shape index (κ3) is 2.77. The van der Waals surface area contributed by atoms with E-state index in [9.17, 15) is 9.59 Å². The Morgan fingerprint density at radius 2 is 2.23 bits per heavy atom. The summed E-state index contributed by atoms with van der Waals surface area (Å²) in [6, 6.07) is 4.02. The fraction of sp³-hybridized carbons (Fsp3) is 0.231. The summed E-state index contributed by atoms with van der Waals surface area (Å²) in [4.78, 5) is 28.1. The van der Waals surface area contributed by atoms with E-state index in [1.165, 1.54) is 4.68 Å². The number of fused-ring (bicyclic) bond motifs is 1. The van der Waals surface area contributed by atoms with Gasteiger partial charge in [-0.05, 0) is 25.1 Å². The van der Waals surface area contributed by atoms with E-state index in [0.29, 0.717) is 27.5 Å². The predicted molar refractivity (Wildman–Crippen MR) is 82.1 cm³/mol. The van der Waals surface area contributed by atoms with Gasteiger partial charge in [-0.15, -0.1) is 0 Å². The van der Waals surface area contributed by atoms with Crippen LogP contribution >= 0.6 is 23.2 Å². The molecule has 0 spiro atoms. The molecule has 7 nitrogen and oxygen atoms in total. The van der Waals surface area contributed by atoms with Crippen molar-refractivity contribution in [3.05, 3.63) is 34.1 Å². The van der Waals surface area contributed by atoms with E-state index in [1.54, 1.807) is 25.1 Å². The molecule has 0 saturated carbocycles. The van der Waals surface area contributed by atoms with Crippen LogP contribution in [0.3, 0.4) is 0 Å². The van der Waals surface area contributed by atoms with Crippen molar-refractivity contribution in [2.45, 2.75) is 19.4 Å². The molecule has 2 amide bonds. The molecule has 1 aliphatic rings. The highest BCUT2D eigenvalue weighted by Crippen LogP contribution is 2.28. The summed E-state index contributed by atoms with van der Waals surface area (Å²) in [5.74, 6) is 0.187. The first kappa shape index (κ1) is 14.8. The van der Waals surface area contributed by atoms with Crippen LogP contribution in [0.25, 0.3) is 0 Å². The van der Waals surface area contributed by atoms with E-state index in [0.717, 1.165) is 0 Å². The van der Waals surface area contributed by atoms with E-state index in [4.69, 9.17) is 23.2 Å². The number of nitrogens with zero attached hydrogens (tertiary/aromatic N) is 3. The average Bonchev–Trinajstić information content (AvgIpc) is 2.92. The SMILES string of the molecule is Cc1nc2n(n1)C(CC(=O)Nc1cc(Cl)ccc1Cl)C(=O)N2. The molecular weight excluding hydrogens is 329 g/mol. The molecule has 3 rings (SSSR count). The molecule has 1 atom stereocenters. The molecule has 0 saturated heterocycles. The van der Waals surface area contributed by atoms with Crippen LogP contribution in [0.1, 0.15) is 18.3 Å². The summed E-state index contributed by atoms with van der Waals surface area (Å²) < 4.78 is 1.41. The lowest BCUT2D eigenvalue weighted by atomic mass is 10.2. The number of hydrogen-bond acceptors (Lipinski definition) is 4.